The van der Waals surface area contributed by atoms with Crippen LogP contribution in [0.3, 0.4) is 0 Å². The summed E-state index contributed by atoms with van der Waals surface area (Å²) < 4.78 is 39.2. The van der Waals surface area contributed by atoms with Crippen LogP contribution in [0.4, 0.5) is 0 Å². The second-order valence-corrected chi connectivity index (χ2v) is 11.4. The average molecular weight is 603 g/mol. The summed E-state index contributed by atoms with van der Waals surface area (Å²) in [5.74, 6) is -0.835. The average Bonchev–Trinajstić information content (AvgIpc) is 3.61. The van der Waals surface area contributed by atoms with Crippen molar-refractivity contribution < 1.29 is 26.8 Å². The third-order valence-electron chi connectivity index (χ3n) is 5.58. The summed E-state index contributed by atoms with van der Waals surface area (Å²) in [4.78, 5) is 23.9. The zero-order valence-corrected chi connectivity index (χ0v) is 23.5. The predicted molar refractivity (Wildman–Crippen MR) is 149 cm³/mol. The number of carbonyl (C=O) groups excluding carboxylic acids is 2. The molecule has 2 heterocycles. The van der Waals surface area contributed by atoms with Gasteiger partial charge in [0.2, 0.25) is 10.0 Å². The van der Waals surface area contributed by atoms with Gasteiger partial charge in [0.25, 0.3) is 0 Å². The van der Waals surface area contributed by atoms with Gasteiger partial charge in [-0.2, -0.15) is 9.41 Å². The van der Waals surface area contributed by atoms with Crippen molar-refractivity contribution in [3.63, 3.8) is 0 Å². The number of halogens is 2. The van der Waals surface area contributed by atoms with Crippen LogP contribution in [0.5, 0.6) is 0 Å². The Morgan fingerprint density at radius 1 is 0.950 bits per heavy atom. The number of hydrazone groups is 1. The second-order valence-electron chi connectivity index (χ2n) is 8.60. The van der Waals surface area contributed by atoms with E-state index in [1.165, 1.54) is 16.8 Å². The molecule has 0 fully saturated rings. The van der Waals surface area contributed by atoms with Crippen LogP contribution in [0.15, 0.2) is 91.8 Å². The van der Waals surface area contributed by atoms with E-state index in [9.17, 15) is 18.0 Å². The van der Waals surface area contributed by atoms with E-state index in [2.05, 4.69) is 15.8 Å². The van der Waals surface area contributed by atoms with Gasteiger partial charge in [0.05, 0.1) is 40.5 Å². The molecule has 0 spiro atoms. The molecule has 0 bridgehead atoms. The molecule has 2 N–H and O–H groups in total. The number of carbonyl (C=O) groups is 2. The van der Waals surface area contributed by atoms with Crippen molar-refractivity contribution in [1.29, 1.82) is 0 Å². The molecule has 40 heavy (non-hydrogen) atoms. The summed E-state index contributed by atoms with van der Waals surface area (Å²) in [5.41, 5.74) is 3.66. The van der Waals surface area contributed by atoms with E-state index in [0.29, 0.717) is 27.1 Å². The number of aryl methyl sites for hydroxylation is 1. The molecule has 0 radical (unpaired) electrons. The number of sulfonamides is 1. The third kappa shape index (κ3) is 7.60. The van der Waals surface area contributed by atoms with Gasteiger partial charge in [-0.25, -0.2) is 13.8 Å². The lowest BCUT2D eigenvalue weighted by Crippen LogP contribution is -2.37. The van der Waals surface area contributed by atoms with E-state index in [1.54, 1.807) is 66.7 Å². The molecular weight excluding hydrogens is 579 g/mol. The first-order valence-electron chi connectivity index (χ1n) is 11.8. The van der Waals surface area contributed by atoms with Gasteiger partial charge in [0.1, 0.15) is 17.3 Å². The van der Waals surface area contributed by atoms with E-state index in [1.807, 2.05) is 6.92 Å². The molecule has 4 aromatic rings. The minimum absolute atomic E-state index is 0.000392. The normalized spacial score (nSPS) is 11.7. The van der Waals surface area contributed by atoms with E-state index in [4.69, 9.17) is 32.0 Å². The number of rotatable bonds is 10. The molecule has 208 valence electrons. The molecule has 0 aliphatic carbocycles. The minimum atomic E-state index is -3.93. The highest BCUT2D eigenvalue weighted by Crippen LogP contribution is 2.26. The third-order valence-corrected chi connectivity index (χ3v) is 8.13. The lowest BCUT2D eigenvalue weighted by Gasteiger charge is -2.22. The zero-order valence-electron chi connectivity index (χ0n) is 21.1. The lowest BCUT2D eigenvalue weighted by molar-refractivity contribution is -0.139. The maximum Gasteiger partial charge on any atom is 0.329 e. The molecule has 13 heteroatoms. The van der Waals surface area contributed by atoms with Gasteiger partial charge in [0.15, 0.2) is 0 Å². The Balaban J connectivity index is 1.44. The highest BCUT2D eigenvalue weighted by molar-refractivity contribution is 7.89. The van der Waals surface area contributed by atoms with Crippen LogP contribution in [0.1, 0.15) is 28.4 Å². The molecule has 10 nitrogen and oxygen atoms in total. The summed E-state index contributed by atoms with van der Waals surface area (Å²) in [6, 6.07) is 17.9. The first kappa shape index (κ1) is 29.1. The topological polar surface area (TPSA) is 134 Å². The fourth-order valence-corrected chi connectivity index (χ4v) is 5.23. The summed E-state index contributed by atoms with van der Waals surface area (Å²) in [5, 5.41) is 6.79. The fraction of sp³-hybridized carbons (Fsp3) is 0.148. The monoisotopic (exact) mass is 602 g/mol. The summed E-state index contributed by atoms with van der Waals surface area (Å²) >= 11 is 12.2. The van der Waals surface area contributed by atoms with Crippen molar-refractivity contribution >= 4 is 51.3 Å². The Hall–Kier alpha value is -3.90. The molecule has 0 aliphatic heterocycles. The molecule has 2 amide bonds. The molecule has 0 aliphatic rings. The van der Waals surface area contributed by atoms with Gasteiger partial charge in [0, 0.05) is 6.54 Å². The first-order chi connectivity index (χ1) is 19.1. The van der Waals surface area contributed by atoms with Crippen LogP contribution in [-0.4, -0.2) is 30.8 Å². The van der Waals surface area contributed by atoms with Gasteiger partial charge in [-0.1, -0.05) is 47.0 Å². The van der Waals surface area contributed by atoms with Gasteiger partial charge in [-0.3, -0.25) is 9.59 Å². The highest BCUT2D eigenvalue weighted by Gasteiger charge is 2.26. The lowest BCUT2D eigenvalue weighted by atomic mass is 10.2. The standard InChI is InChI=1S/C27H24Cl2N4O6S/c1-18-4-9-23(10-5-18)40(36,37)33(16-19-6-11-24(28)25(29)13-19)17-22-8-7-21(39-22)15-31-32-27(35)26(34)30-14-20-3-2-12-38-20/h2-13,15H,14,16-17H2,1H3,(H,30,34)(H,32,35)/b31-15+. The van der Waals surface area contributed by atoms with Crippen molar-refractivity contribution in [2.75, 3.05) is 0 Å². The molecule has 0 atom stereocenters. The van der Waals surface area contributed by atoms with Crippen molar-refractivity contribution in [2.24, 2.45) is 5.10 Å². The molecule has 0 saturated carbocycles. The van der Waals surface area contributed by atoms with Crippen LogP contribution in [0.25, 0.3) is 0 Å². The van der Waals surface area contributed by atoms with Crippen LogP contribution < -0.4 is 10.7 Å². The molecule has 4 rings (SSSR count). The van der Waals surface area contributed by atoms with Crippen LogP contribution in [-0.2, 0) is 39.2 Å². The largest absolute Gasteiger partial charge is 0.467 e. The number of hydrogen-bond acceptors (Lipinski definition) is 7. The number of benzene rings is 2. The Kier molecular flexibility index (Phi) is 9.43. The van der Waals surface area contributed by atoms with Crippen LogP contribution in [0, 0.1) is 6.92 Å². The van der Waals surface area contributed by atoms with E-state index >= 15 is 0 Å². The van der Waals surface area contributed by atoms with Crippen molar-refractivity contribution in [1.82, 2.24) is 15.0 Å². The Bertz CT molecular complexity index is 1620. The van der Waals surface area contributed by atoms with Crippen molar-refractivity contribution in [2.45, 2.75) is 31.5 Å². The molecular formula is C27H24Cl2N4O6S. The zero-order chi connectivity index (χ0) is 28.7. The Morgan fingerprint density at radius 2 is 1.73 bits per heavy atom. The highest BCUT2D eigenvalue weighted by atomic mass is 35.5. The Labute approximate surface area is 240 Å². The molecule has 2 aromatic carbocycles. The van der Waals surface area contributed by atoms with Gasteiger partial charge >= 0.3 is 11.8 Å². The van der Waals surface area contributed by atoms with Crippen molar-refractivity contribution in [3.05, 3.63) is 111 Å². The van der Waals surface area contributed by atoms with Crippen LogP contribution >= 0.6 is 23.2 Å². The Morgan fingerprint density at radius 3 is 2.42 bits per heavy atom. The molecule has 0 unspecified atom stereocenters. The van der Waals surface area contributed by atoms with Gasteiger partial charge in [-0.15, -0.1) is 0 Å². The molecule has 0 saturated heterocycles. The fourth-order valence-electron chi connectivity index (χ4n) is 3.52. The summed E-state index contributed by atoms with van der Waals surface area (Å²) in [6.07, 6.45) is 2.65. The van der Waals surface area contributed by atoms with E-state index in [0.717, 1.165) is 5.56 Å². The summed E-state index contributed by atoms with van der Waals surface area (Å²) in [7, 11) is -3.93. The maximum absolute atomic E-state index is 13.6. The first-order valence-corrected chi connectivity index (χ1v) is 14.0. The number of hydrogen-bond donors (Lipinski definition) is 2. The van der Waals surface area contributed by atoms with Gasteiger partial charge in [-0.05, 0) is 61.0 Å². The van der Waals surface area contributed by atoms with Crippen LogP contribution in [0.2, 0.25) is 10.0 Å². The van der Waals surface area contributed by atoms with E-state index < -0.39 is 21.8 Å². The quantitative estimate of drug-likeness (QED) is 0.154. The minimum Gasteiger partial charge on any atom is -0.467 e. The van der Waals surface area contributed by atoms with E-state index in [-0.39, 0.29) is 30.3 Å². The molecule has 2 aromatic heterocycles. The SMILES string of the molecule is Cc1ccc(S(=O)(=O)N(Cc2ccc(Cl)c(Cl)c2)Cc2ccc(/C=N/NC(=O)C(=O)NCc3ccco3)o2)cc1. The predicted octanol–water partition coefficient (Wildman–Crippen LogP) is 4.65. The number of nitrogens with one attached hydrogen (secondary N) is 2. The second kappa shape index (κ2) is 13.0. The maximum atomic E-state index is 13.6. The van der Waals surface area contributed by atoms with Crippen molar-refractivity contribution in [3.8, 4) is 0 Å². The number of amides is 2. The smallest absolute Gasteiger partial charge is 0.329 e. The number of furan rings is 2. The van der Waals surface area contributed by atoms with Gasteiger partial charge < -0.3 is 14.2 Å². The summed E-state index contributed by atoms with van der Waals surface area (Å²) in [6.45, 7) is 1.81. The number of nitrogens with zero attached hydrogens (tertiary/aromatic N) is 2.